The van der Waals surface area contributed by atoms with Gasteiger partial charge in [0.05, 0.1) is 12.0 Å². The Kier molecular flexibility index (Phi) is 8.63. The summed E-state index contributed by atoms with van der Waals surface area (Å²) in [4.78, 5) is 27.6. The number of ether oxygens (including phenoxy) is 3. The number of fused-ring (bicyclic) bond motifs is 1. The number of alkyl halides is 3. The molecule has 38 heavy (non-hydrogen) atoms. The Morgan fingerprint density at radius 1 is 1.24 bits per heavy atom. The molecule has 2 aliphatic rings. The standard InChI is InChI=1S/C21H29ClF3N4O8P/c1-35-9-7-20(21(23,24)25,38(32,33)34)36-10-13-14(30)15(31)18(37-13)29-8-6-12-16(26-11-4-2-3-5-11)27-19(22)28-17(12)29/h6,8,11,13-15,18,30-31H,2-5,7,9-10H2,1H3,(H,26,27,28)(H2,32,33,34)/t13-,14-,15-,18-,20?/m1/s1. The fourth-order valence-electron chi connectivity index (χ4n) is 4.83. The lowest BCUT2D eigenvalue weighted by Crippen LogP contribution is -2.50. The molecule has 3 heterocycles. The van der Waals surface area contributed by atoms with Gasteiger partial charge in [0.15, 0.2) is 6.23 Å². The molecule has 1 saturated carbocycles. The molecule has 2 fully saturated rings. The number of nitrogens with zero attached hydrogens (tertiary/aromatic N) is 3. The molecular weight excluding hydrogens is 560 g/mol. The van der Waals surface area contributed by atoms with Crippen LogP contribution in [0.1, 0.15) is 38.3 Å². The van der Waals surface area contributed by atoms with Gasteiger partial charge in [-0.2, -0.15) is 18.2 Å². The molecule has 0 aromatic carbocycles. The van der Waals surface area contributed by atoms with E-state index in [1.165, 1.54) is 10.8 Å². The van der Waals surface area contributed by atoms with E-state index < -0.39 is 63.3 Å². The third-order valence-electron chi connectivity index (χ3n) is 6.90. The Labute approximate surface area is 220 Å². The summed E-state index contributed by atoms with van der Waals surface area (Å²) in [7, 11) is -4.87. The van der Waals surface area contributed by atoms with Crippen molar-refractivity contribution in [3.8, 4) is 0 Å². The molecule has 4 rings (SSSR count). The summed E-state index contributed by atoms with van der Waals surface area (Å²) in [5.41, 5.74) is 0.239. The van der Waals surface area contributed by atoms with Crippen molar-refractivity contribution in [2.45, 2.75) is 74.2 Å². The van der Waals surface area contributed by atoms with E-state index in [0.717, 1.165) is 32.8 Å². The number of methoxy groups -OCH3 is 1. The van der Waals surface area contributed by atoms with Crippen molar-refractivity contribution < 1.29 is 51.9 Å². The van der Waals surface area contributed by atoms with Crippen molar-refractivity contribution in [1.29, 1.82) is 0 Å². The number of hydrogen-bond donors (Lipinski definition) is 5. The third kappa shape index (κ3) is 5.54. The third-order valence-corrected chi connectivity index (χ3v) is 8.61. The molecule has 5 atom stereocenters. The van der Waals surface area contributed by atoms with Crippen molar-refractivity contribution >= 4 is 36.0 Å². The van der Waals surface area contributed by atoms with E-state index in [2.05, 4.69) is 20.0 Å². The van der Waals surface area contributed by atoms with E-state index in [0.29, 0.717) is 11.2 Å². The second kappa shape index (κ2) is 11.1. The molecule has 2 aromatic rings. The number of hydrogen-bond acceptors (Lipinski definition) is 9. The van der Waals surface area contributed by atoms with Gasteiger partial charge in [-0.25, -0.2) is 4.98 Å². The monoisotopic (exact) mass is 588 g/mol. The van der Waals surface area contributed by atoms with E-state index in [1.54, 1.807) is 6.07 Å². The smallest absolute Gasteiger partial charge is 0.387 e. The average Bonchev–Trinajstić information content (AvgIpc) is 3.54. The van der Waals surface area contributed by atoms with Crippen molar-refractivity contribution in [1.82, 2.24) is 14.5 Å². The van der Waals surface area contributed by atoms with Crippen LogP contribution in [0.3, 0.4) is 0 Å². The summed E-state index contributed by atoms with van der Waals surface area (Å²) in [5, 5.41) is 21.1. The first-order chi connectivity index (χ1) is 17.8. The first kappa shape index (κ1) is 29.4. The minimum absolute atomic E-state index is 0.0967. The molecule has 0 bridgehead atoms. The molecule has 0 amide bonds. The molecular formula is C21H29ClF3N4O8P. The Morgan fingerprint density at radius 3 is 2.53 bits per heavy atom. The molecule has 1 aliphatic heterocycles. The second-order valence-electron chi connectivity index (χ2n) is 9.35. The highest BCUT2D eigenvalue weighted by Gasteiger charge is 2.67. The lowest BCUT2D eigenvalue weighted by molar-refractivity contribution is -0.259. The van der Waals surface area contributed by atoms with Gasteiger partial charge in [0.25, 0.3) is 5.34 Å². The minimum Gasteiger partial charge on any atom is -0.387 e. The highest BCUT2D eigenvalue weighted by Crippen LogP contribution is 2.61. The van der Waals surface area contributed by atoms with Crippen LogP contribution in [0.2, 0.25) is 5.28 Å². The Balaban J connectivity index is 1.58. The lowest BCUT2D eigenvalue weighted by atomic mass is 10.1. The SMILES string of the molecule is COCCC(OC[C@H]1O[C@@H](n2ccc3c(NC4CCCC4)nc(Cl)nc32)[C@H](O)[C@@H]1O)(C(F)(F)F)P(=O)(O)O. The molecule has 0 radical (unpaired) electrons. The predicted molar refractivity (Wildman–Crippen MR) is 128 cm³/mol. The Hall–Kier alpha value is -1.55. The fraction of sp³-hybridized carbons (Fsp3) is 0.714. The van der Waals surface area contributed by atoms with Gasteiger partial charge in [-0.3, -0.25) is 4.57 Å². The van der Waals surface area contributed by atoms with E-state index in [4.69, 9.17) is 21.1 Å². The number of halogens is 4. The summed E-state index contributed by atoms with van der Waals surface area (Å²) >= 11 is 6.13. The molecule has 214 valence electrons. The van der Waals surface area contributed by atoms with Gasteiger partial charge in [0.2, 0.25) is 5.28 Å². The maximum atomic E-state index is 13.9. The van der Waals surface area contributed by atoms with Crippen LogP contribution in [0.4, 0.5) is 19.0 Å². The summed E-state index contributed by atoms with van der Waals surface area (Å²) in [6.07, 6.45) is -7.42. The lowest BCUT2D eigenvalue weighted by Gasteiger charge is -2.36. The number of aliphatic hydroxyl groups is 2. The zero-order chi connectivity index (χ0) is 27.9. The Morgan fingerprint density at radius 2 is 1.92 bits per heavy atom. The van der Waals surface area contributed by atoms with Gasteiger partial charge in [0.1, 0.15) is 29.8 Å². The molecule has 2 aromatic heterocycles. The Bertz CT molecular complexity index is 1180. The van der Waals surface area contributed by atoms with Crippen LogP contribution in [0.25, 0.3) is 11.0 Å². The number of aliphatic hydroxyl groups excluding tert-OH is 2. The first-order valence-electron chi connectivity index (χ1n) is 11.9. The van der Waals surface area contributed by atoms with Gasteiger partial charge >= 0.3 is 13.8 Å². The van der Waals surface area contributed by atoms with E-state index in [-0.39, 0.29) is 17.0 Å². The highest BCUT2D eigenvalue weighted by molar-refractivity contribution is 7.53. The van der Waals surface area contributed by atoms with Crippen LogP contribution >= 0.6 is 19.2 Å². The van der Waals surface area contributed by atoms with Crippen LogP contribution < -0.4 is 5.32 Å². The molecule has 0 spiro atoms. The predicted octanol–water partition coefficient (Wildman–Crippen LogP) is 2.55. The summed E-state index contributed by atoms with van der Waals surface area (Å²) in [6.45, 7) is -1.76. The zero-order valence-corrected chi connectivity index (χ0v) is 21.9. The van der Waals surface area contributed by atoms with Crippen LogP contribution in [-0.2, 0) is 18.8 Å². The van der Waals surface area contributed by atoms with E-state index >= 15 is 0 Å². The van der Waals surface area contributed by atoms with Crippen molar-refractivity contribution in [2.75, 3.05) is 25.6 Å². The second-order valence-corrected chi connectivity index (χ2v) is 11.5. The molecule has 5 N–H and O–H groups in total. The first-order valence-corrected chi connectivity index (χ1v) is 13.9. The van der Waals surface area contributed by atoms with Crippen molar-refractivity contribution in [3.05, 3.63) is 17.5 Å². The number of rotatable bonds is 10. The molecule has 12 nitrogen and oxygen atoms in total. The molecule has 1 aliphatic carbocycles. The average molecular weight is 589 g/mol. The topological polar surface area (TPSA) is 168 Å². The minimum atomic E-state index is -5.94. The van der Waals surface area contributed by atoms with Gasteiger partial charge in [-0.05, 0) is 30.5 Å². The van der Waals surface area contributed by atoms with E-state index in [9.17, 15) is 37.7 Å². The number of anilines is 1. The quantitative estimate of drug-likeness (QED) is 0.204. The van der Waals surface area contributed by atoms with Crippen LogP contribution in [0, 0.1) is 0 Å². The normalized spacial score (nSPS) is 26.8. The van der Waals surface area contributed by atoms with Gasteiger partial charge in [-0.1, -0.05) is 12.8 Å². The van der Waals surface area contributed by atoms with Gasteiger partial charge < -0.3 is 44.1 Å². The van der Waals surface area contributed by atoms with Crippen molar-refractivity contribution in [3.63, 3.8) is 0 Å². The van der Waals surface area contributed by atoms with Crippen LogP contribution in [0.15, 0.2) is 12.3 Å². The summed E-state index contributed by atoms with van der Waals surface area (Å²) in [6, 6.07) is 1.84. The van der Waals surface area contributed by atoms with Crippen molar-refractivity contribution in [2.24, 2.45) is 0 Å². The van der Waals surface area contributed by atoms with Gasteiger partial charge in [0, 0.05) is 32.4 Å². The summed E-state index contributed by atoms with van der Waals surface area (Å²) in [5.74, 6) is 0.466. The van der Waals surface area contributed by atoms with Gasteiger partial charge in [-0.15, -0.1) is 0 Å². The molecule has 17 heteroatoms. The molecule has 1 unspecified atom stereocenters. The zero-order valence-electron chi connectivity index (χ0n) is 20.2. The number of aromatic nitrogens is 3. The highest BCUT2D eigenvalue weighted by atomic mass is 35.5. The maximum Gasteiger partial charge on any atom is 0.429 e. The van der Waals surface area contributed by atoms with Crippen LogP contribution in [0.5, 0.6) is 0 Å². The largest absolute Gasteiger partial charge is 0.429 e. The molecule has 1 saturated heterocycles. The number of nitrogens with one attached hydrogen (secondary N) is 1. The summed E-state index contributed by atoms with van der Waals surface area (Å²) < 4.78 is 70.0. The maximum absolute atomic E-state index is 13.9. The van der Waals surface area contributed by atoms with Crippen LogP contribution in [-0.4, -0.2) is 90.7 Å². The van der Waals surface area contributed by atoms with E-state index in [1.807, 2.05) is 0 Å². The fourth-order valence-corrected chi connectivity index (χ4v) is 5.95.